The van der Waals surface area contributed by atoms with Gasteiger partial charge >= 0.3 is 0 Å². The lowest BCUT2D eigenvalue weighted by molar-refractivity contribution is 0.186. The Kier molecular flexibility index (Phi) is 4.62. The number of aromatic nitrogens is 3. The van der Waals surface area contributed by atoms with Crippen molar-refractivity contribution in [1.82, 2.24) is 14.8 Å². The van der Waals surface area contributed by atoms with Crippen LogP contribution in [0, 0.1) is 5.82 Å². The van der Waals surface area contributed by atoms with Crippen LogP contribution in [0.25, 0.3) is 11.4 Å². The lowest BCUT2D eigenvalue weighted by atomic mass is 10.2. The topological polar surface area (TPSA) is 66.0 Å². The molecule has 1 aromatic heterocycles. The molecular formula is C12H14BrFN4O. The molecule has 0 fully saturated rings. The van der Waals surface area contributed by atoms with Gasteiger partial charge in [-0.1, -0.05) is 0 Å². The van der Waals surface area contributed by atoms with Crippen molar-refractivity contribution in [1.29, 1.82) is 0 Å². The standard InChI is InChI=1S/C12H14BrFN4O/c1-19-5-4-18-11(7-15)16-17-12(18)8-2-3-10(14)9(13)6-8/h2-3,6H,4-5,7,15H2,1H3. The van der Waals surface area contributed by atoms with Gasteiger partial charge in [0.2, 0.25) is 0 Å². The van der Waals surface area contributed by atoms with Crippen LogP contribution in [0.4, 0.5) is 4.39 Å². The Morgan fingerprint density at radius 1 is 1.42 bits per heavy atom. The van der Waals surface area contributed by atoms with E-state index >= 15 is 0 Å². The highest BCUT2D eigenvalue weighted by atomic mass is 79.9. The van der Waals surface area contributed by atoms with E-state index in [-0.39, 0.29) is 5.82 Å². The Hall–Kier alpha value is -1.31. The molecule has 7 heteroatoms. The summed E-state index contributed by atoms with van der Waals surface area (Å²) in [7, 11) is 1.63. The minimum Gasteiger partial charge on any atom is -0.383 e. The zero-order valence-corrected chi connectivity index (χ0v) is 12.0. The van der Waals surface area contributed by atoms with Crippen molar-refractivity contribution in [3.63, 3.8) is 0 Å². The first-order valence-electron chi connectivity index (χ1n) is 5.74. The number of halogens is 2. The molecule has 0 unspecified atom stereocenters. The second-order valence-electron chi connectivity index (χ2n) is 3.92. The number of methoxy groups -OCH3 is 1. The molecule has 2 N–H and O–H groups in total. The molecule has 0 saturated carbocycles. The number of benzene rings is 1. The molecule has 2 aromatic rings. The summed E-state index contributed by atoms with van der Waals surface area (Å²) < 4.78 is 20.6. The van der Waals surface area contributed by atoms with Gasteiger partial charge in [-0.05, 0) is 34.1 Å². The van der Waals surface area contributed by atoms with Crippen molar-refractivity contribution in [3.05, 3.63) is 34.3 Å². The molecule has 0 spiro atoms. The van der Waals surface area contributed by atoms with Gasteiger partial charge in [0.15, 0.2) is 5.82 Å². The first-order chi connectivity index (χ1) is 9.17. The third kappa shape index (κ3) is 2.99. The van der Waals surface area contributed by atoms with Gasteiger partial charge < -0.3 is 15.0 Å². The maximum atomic E-state index is 13.3. The Morgan fingerprint density at radius 2 is 2.21 bits per heavy atom. The fourth-order valence-electron chi connectivity index (χ4n) is 1.75. The maximum absolute atomic E-state index is 13.3. The molecule has 19 heavy (non-hydrogen) atoms. The summed E-state index contributed by atoms with van der Waals surface area (Å²) in [5.41, 5.74) is 6.41. The van der Waals surface area contributed by atoms with E-state index in [4.69, 9.17) is 10.5 Å². The second-order valence-corrected chi connectivity index (χ2v) is 4.77. The van der Waals surface area contributed by atoms with Crippen molar-refractivity contribution < 1.29 is 9.13 Å². The van der Waals surface area contributed by atoms with Gasteiger partial charge in [-0.2, -0.15) is 0 Å². The van der Waals surface area contributed by atoms with Crippen molar-refractivity contribution in [2.24, 2.45) is 5.73 Å². The van der Waals surface area contributed by atoms with Gasteiger partial charge in [0, 0.05) is 19.2 Å². The highest BCUT2D eigenvalue weighted by Crippen LogP contribution is 2.24. The average molecular weight is 329 g/mol. The van der Waals surface area contributed by atoms with E-state index in [0.717, 1.165) is 5.56 Å². The number of ether oxygens (including phenoxy) is 1. The first-order valence-corrected chi connectivity index (χ1v) is 6.53. The van der Waals surface area contributed by atoms with E-state index in [1.165, 1.54) is 6.07 Å². The van der Waals surface area contributed by atoms with Gasteiger partial charge in [-0.25, -0.2) is 4.39 Å². The molecule has 0 aliphatic heterocycles. The summed E-state index contributed by atoms with van der Waals surface area (Å²) >= 11 is 3.16. The number of nitrogens with two attached hydrogens (primary N) is 1. The summed E-state index contributed by atoms with van der Waals surface area (Å²) in [6, 6.07) is 4.72. The van der Waals surface area contributed by atoms with Crippen LogP contribution in [0.15, 0.2) is 22.7 Å². The molecule has 2 rings (SSSR count). The monoisotopic (exact) mass is 328 g/mol. The SMILES string of the molecule is COCCn1c(CN)nnc1-c1ccc(F)c(Br)c1. The number of hydrogen-bond acceptors (Lipinski definition) is 4. The lowest BCUT2D eigenvalue weighted by Gasteiger charge is -2.09. The van der Waals surface area contributed by atoms with Crippen LogP contribution >= 0.6 is 15.9 Å². The Labute approximate surface area is 118 Å². The van der Waals surface area contributed by atoms with E-state index < -0.39 is 0 Å². The Balaban J connectivity index is 2.42. The largest absolute Gasteiger partial charge is 0.383 e. The van der Waals surface area contributed by atoms with Crippen molar-refractivity contribution >= 4 is 15.9 Å². The Morgan fingerprint density at radius 3 is 2.84 bits per heavy atom. The van der Waals surface area contributed by atoms with E-state index in [9.17, 15) is 4.39 Å². The van der Waals surface area contributed by atoms with Crippen molar-refractivity contribution in [3.8, 4) is 11.4 Å². The third-order valence-corrected chi connectivity index (χ3v) is 3.31. The van der Waals surface area contributed by atoms with Gasteiger partial charge in [0.05, 0.1) is 17.6 Å². The molecule has 1 heterocycles. The smallest absolute Gasteiger partial charge is 0.164 e. The zero-order valence-electron chi connectivity index (χ0n) is 10.4. The molecule has 0 atom stereocenters. The summed E-state index contributed by atoms with van der Waals surface area (Å²) in [6.07, 6.45) is 0. The van der Waals surface area contributed by atoms with Crippen LogP contribution in [0.1, 0.15) is 5.82 Å². The minimum absolute atomic E-state index is 0.291. The molecular weight excluding hydrogens is 315 g/mol. The van der Waals surface area contributed by atoms with Crippen LogP contribution in [0.3, 0.4) is 0 Å². The molecule has 0 aliphatic rings. The fraction of sp³-hybridized carbons (Fsp3) is 0.333. The number of nitrogens with zero attached hydrogens (tertiary/aromatic N) is 3. The number of rotatable bonds is 5. The normalized spacial score (nSPS) is 10.9. The second kappa shape index (κ2) is 6.23. The van der Waals surface area contributed by atoms with Crippen LogP contribution in [-0.4, -0.2) is 28.5 Å². The molecule has 1 aromatic carbocycles. The fourth-order valence-corrected chi connectivity index (χ4v) is 2.13. The van der Waals surface area contributed by atoms with E-state index in [1.807, 2.05) is 4.57 Å². The van der Waals surface area contributed by atoms with E-state index in [1.54, 1.807) is 19.2 Å². The quantitative estimate of drug-likeness (QED) is 0.911. The van der Waals surface area contributed by atoms with Crippen molar-refractivity contribution in [2.45, 2.75) is 13.1 Å². The first kappa shape index (κ1) is 14.1. The average Bonchev–Trinajstić information content (AvgIpc) is 2.82. The summed E-state index contributed by atoms with van der Waals surface area (Å²) in [5.74, 6) is 1.01. The molecule has 0 amide bonds. The van der Waals surface area contributed by atoms with Crippen LogP contribution < -0.4 is 5.73 Å². The Bertz CT molecular complexity index is 573. The lowest BCUT2D eigenvalue weighted by Crippen LogP contribution is -2.12. The van der Waals surface area contributed by atoms with Gasteiger partial charge in [0.25, 0.3) is 0 Å². The number of hydrogen-bond donors (Lipinski definition) is 1. The van der Waals surface area contributed by atoms with Crippen LogP contribution in [0.5, 0.6) is 0 Å². The van der Waals surface area contributed by atoms with Gasteiger partial charge in [0.1, 0.15) is 11.6 Å². The molecule has 0 aliphatic carbocycles. The van der Waals surface area contributed by atoms with Gasteiger partial charge in [-0.3, -0.25) is 0 Å². The van der Waals surface area contributed by atoms with E-state index in [2.05, 4.69) is 26.1 Å². The van der Waals surface area contributed by atoms with Crippen molar-refractivity contribution in [2.75, 3.05) is 13.7 Å². The molecule has 5 nitrogen and oxygen atoms in total. The predicted octanol–water partition coefficient (Wildman–Crippen LogP) is 1.95. The summed E-state index contributed by atoms with van der Waals surface area (Å²) in [6.45, 7) is 1.42. The minimum atomic E-state index is -0.314. The highest BCUT2D eigenvalue weighted by molar-refractivity contribution is 9.10. The molecule has 0 radical (unpaired) electrons. The van der Waals surface area contributed by atoms with Gasteiger partial charge in [-0.15, -0.1) is 10.2 Å². The maximum Gasteiger partial charge on any atom is 0.164 e. The van der Waals surface area contributed by atoms with Crippen LogP contribution in [-0.2, 0) is 17.8 Å². The van der Waals surface area contributed by atoms with E-state index in [0.29, 0.717) is 35.8 Å². The molecule has 102 valence electrons. The predicted molar refractivity (Wildman–Crippen MR) is 72.9 cm³/mol. The highest BCUT2D eigenvalue weighted by Gasteiger charge is 2.13. The zero-order chi connectivity index (χ0) is 13.8. The third-order valence-electron chi connectivity index (χ3n) is 2.71. The molecule has 0 bridgehead atoms. The summed E-state index contributed by atoms with van der Waals surface area (Å²) in [4.78, 5) is 0. The summed E-state index contributed by atoms with van der Waals surface area (Å²) in [5, 5.41) is 8.15. The van der Waals surface area contributed by atoms with Crippen LogP contribution in [0.2, 0.25) is 0 Å². The molecule has 0 saturated heterocycles.